The summed E-state index contributed by atoms with van der Waals surface area (Å²) in [5.41, 5.74) is 0. The second-order valence-corrected chi connectivity index (χ2v) is 10.7. The van der Waals surface area contributed by atoms with Crippen LogP contribution in [0.2, 0.25) is 0 Å². The zero-order valence-corrected chi connectivity index (χ0v) is 21.5. The van der Waals surface area contributed by atoms with Crippen molar-refractivity contribution in [3.8, 4) is 0 Å². The topological polar surface area (TPSA) is 58.9 Å². The molecule has 0 aliphatic heterocycles. The van der Waals surface area contributed by atoms with Gasteiger partial charge in [-0.1, -0.05) is 90.4 Å². The first-order chi connectivity index (χ1) is 14.3. The van der Waals surface area contributed by atoms with Crippen LogP contribution in [0.5, 0.6) is 0 Å². The molecule has 0 saturated carbocycles. The van der Waals surface area contributed by atoms with E-state index in [9.17, 15) is 10.00 Å². The monoisotopic (exact) mass is 450 g/mol. The van der Waals surface area contributed by atoms with Gasteiger partial charge in [0.05, 0.1) is 33.9 Å². The standard InChI is InChI=1S/C24H53NO4P/c1-5-6-7-8-9-10-11-12-13-14-15-16-17-19-24(26)20-18-22-28-30(27)29-23-21-25(2,3)4/h24,26-27H,5-23H2,1-4H3/q+1. The Hall–Kier alpha value is 0.230. The SMILES string of the molecule is CCCCCCCCCCCCCCCC(O)CCCOP(O)OCC[N+](C)(C)C. The van der Waals surface area contributed by atoms with Crippen molar-refractivity contribution in [3.63, 3.8) is 0 Å². The molecule has 6 heteroatoms. The first-order valence-corrected chi connectivity index (χ1v) is 13.7. The number of unbranched alkanes of at least 4 members (excludes halogenated alkanes) is 12. The summed E-state index contributed by atoms with van der Waals surface area (Å²) in [6, 6.07) is 0. The highest BCUT2D eigenvalue weighted by molar-refractivity contribution is 7.40. The molecule has 0 rings (SSSR count). The lowest BCUT2D eigenvalue weighted by Crippen LogP contribution is -2.37. The van der Waals surface area contributed by atoms with Crippen LogP contribution in [-0.2, 0) is 9.05 Å². The normalized spacial score (nSPS) is 14.2. The lowest BCUT2D eigenvalue weighted by atomic mass is 10.0. The Morgan fingerprint density at radius 3 is 1.60 bits per heavy atom. The number of hydrogen-bond acceptors (Lipinski definition) is 4. The Balaban J connectivity index is 3.29. The average Bonchev–Trinajstić information content (AvgIpc) is 2.68. The number of hydrogen-bond donors (Lipinski definition) is 2. The number of likely N-dealkylation sites (N-methyl/N-ethyl adjacent to an activating group) is 1. The van der Waals surface area contributed by atoms with Gasteiger partial charge in [-0.05, 0) is 19.3 Å². The van der Waals surface area contributed by atoms with Crippen LogP contribution in [0.15, 0.2) is 0 Å². The molecular weight excluding hydrogens is 397 g/mol. The van der Waals surface area contributed by atoms with E-state index >= 15 is 0 Å². The molecule has 2 N–H and O–H groups in total. The van der Waals surface area contributed by atoms with Gasteiger partial charge in [-0.25, -0.2) is 0 Å². The third kappa shape index (κ3) is 24.5. The highest BCUT2D eigenvalue weighted by Crippen LogP contribution is 2.32. The van der Waals surface area contributed by atoms with Crippen molar-refractivity contribution in [2.75, 3.05) is 40.9 Å². The molecule has 0 aromatic carbocycles. The van der Waals surface area contributed by atoms with Crippen LogP contribution in [0, 0.1) is 0 Å². The summed E-state index contributed by atoms with van der Waals surface area (Å²) in [6.07, 6.45) is 19.7. The maximum atomic E-state index is 10.1. The third-order valence-corrected chi connectivity index (χ3v) is 6.30. The molecule has 0 spiro atoms. The molecule has 0 radical (unpaired) electrons. The molecule has 5 nitrogen and oxygen atoms in total. The lowest BCUT2D eigenvalue weighted by Gasteiger charge is -2.23. The van der Waals surface area contributed by atoms with E-state index in [0.717, 1.165) is 36.7 Å². The number of aliphatic hydroxyl groups is 1. The Morgan fingerprint density at radius 2 is 1.10 bits per heavy atom. The van der Waals surface area contributed by atoms with E-state index in [1.165, 1.54) is 77.0 Å². The Bertz CT molecular complexity index is 353. The van der Waals surface area contributed by atoms with Gasteiger partial charge in [0.2, 0.25) is 0 Å². The van der Waals surface area contributed by atoms with Gasteiger partial charge in [0, 0.05) is 0 Å². The summed E-state index contributed by atoms with van der Waals surface area (Å²) in [5.74, 6) is 0. The Kier molecular flexibility index (Phi) is 21.3. The Morgan fingerprint density at radius 1 is 0.667 bits per heavy atom. The zero-order chi connectivity index (χ0) is 22.5. The van der Waals surface area contributed by atoms with Crippen molar-refractivity contribution in [1.29, 1.82) is 0 Å². The third-order valence-electron chi connectivity index (χ3n) is 5.49. The fourth-order valence-electron chi connectivity index (χ4n) is 3.43. The molecular formula is C24H53NO4P+. The van der Waals surface area contributed by atoms with Crippen LogP contribution in [-0.4, -0.2) is 61.5 Å². The molecule has 2 unspecified atom stereocenters. The van der Waals surface area contributed by atoms with Crippen LogP contribution < -0.4 is 0 Å². The zero-order valence-electron chi connectivity index (χ0n) is 20.6. The molecule has 0 fully saturated rings. The van der Waals surface area contributed by atoms with Gasteiger partial charge in [-0.3, -0.25) is 0 Å². The molecule has 0 heterocycles. The first kappa shape index (κ1) is 30.2. The van der Waals surface area contributed by atoms with Gasteiger partial charge in [0.15, 0.2) is 0 Å². The smallest absolute Gasteiger partial charge is 0.330 e. The fourth-order valence-corrected chi connectivity index (χ4v) is 4.03. The van der Waals surface area contributed by atoms with Gasteiger partial charge in [0.1, 0.15) is 13.2 Å². The van der Waals surface area contributed by atoms with Gasteiger partial charge in [0.25, 0.3) is 0 Å². The summed E-state index contributed by atoms with van der Waals surface area (Å²) < 4.78 is 11.4. The number of aliphatic hydroxyl groups excluding tert-OH is 1. The van der Waals surface area contributed by atoms with Crippen molar-refractivity contribution in [2.45, 2.75) is 116 Å². The minimum absolute atomic E-state index is 0.245. The molecule has 0 aromatic heterocycles. The Labute approximate surface area is 189 Å². The molecule has 0 aliphatic carbocycles. The van der Waals surface area contributed by atoms with E-state index in [0.29, 0.717) is 13.2 Å². The van der Waals surface area contributed by atoms with Crippen LogP contribution in [0.25, 0.3) is 0 Å². The van der Waals surface area contributed by atoms with E-state index in [2.05, 4.69) is 28.1 Å². The molecule has 0 aromatic rings. The summed E-state index contributed by atoms with van der Waals surface area (Å²) in [6.45, 7) is 4.05. The predicted molar refractivity (Wildman–Crippen MR) is 129 cm³/mol. The summed E-state index contributed by atoms with van der Waals surface area (Å²) in [5, 5.41) is 10.1. The molecule has 30 heavy (non-hydrogen) atoms. The minimum Gasteiger partial charge on any atom is -0.393 e. The molecule has 182 valence electrons. The minimum atomic E-state index is -1.78. The highest BCUT2D eigenvalue weighted by Gasteiger charge is 2.12. The second-order valence-electron chi connectivity index (χ2n) is 9.75. The van der Waals surface area contributed by atoms with E-state index in [1.54, 1.807) is 0 Å². The summed E-state index contributed by atoms with van der Waals surface area (Å²) in [7, 11) is 4.47. The second kappa shape index (κ2) is 21.1. The number of quaternary nitrogens is 1. The molecule has 0 amide bonds. The van der Waals surface area contributed by atoms with Crippen LogP contribution in [0.1, 0.15) is 110 Å². The van der Waals surface area contributed by atoms with E-state index in [1.807, 2.05) is 0 Å². The average molecular weight is 451 g/mol. The van der Waals surface area contributed by atoms with Crippen molar-refractivity contribution in [2.24, 2.45) is 0 Å². The lowest BCUT2D eigenvalue weighted by molar-refractivity contribution is -0.870. The van der Waals surface area contributed by atoms with Crippen molar-refractivity contribution in [3.05, 3.63) is 0 Å². The van der Waals surface area contributed by atoms with Crippen molar-refractivity contribution < 1.29 is 23.5 Å². The summed E-state index contributed by atoms with van der Waals surface area (Å²) >= 11 is 0. The van der Waals surface area contributed by atoms with E-state index < -0.39 is 8.60 Å². The van der Waals surface area contributed by atoms with E-state index in [-0.39, 0.29) is 6.10 Å². The molecule has 0 aliphatic rings. The quantitative estimate of drug-likeness (QED) is 0.105. The maximum absolute atomic E-state index is 10.1. The van der Waals surface area contributed by atoms with Gasteiger partial charge < -0.3 is 23.5 Å². The highest BCUT2D eigenvalue weighted by atomic mass is 31.2. The van der Waals surface area contributed by atoms with Gasteiger partial charge >= 0.3 is 8.60 Å². The fraction of sp³-hybridized carbons (Fsp3) is 1.00. The largest absolute Gasteiger partial charge is 0.393 e. The molecule has 2 atom stereocenters. The summed E-state index contributed by atoms with van der Waals surface area (Å²) in [4.78, 5) is 9.70. The molecule has 0 saturated heterocycles. The van der Waals surface area contributed by atoms with Crippen molar-refractivity contribution >= 4 is 8.60 Å². The maximum Gasteiger partial charge on any atom is 0.330 e. The van der Waals surface area contributed by atoms with E-state index in [4.69, 9.17) is 9.05 Å². The number of nitrogens with zero attached hydrogens (tertiary/aromatic N) is 1. The van der Waals surface area contributed by atoms with Crippen molar-refractivity contribution in [1.82, 2.24) is 0 Å². The van der Waals surface area contributed by atoms with Crippen LogP contribution in [0.3, 0.4) is 0 Å². The van der Waals surface area contributed by atoms with Crippen LogP contribution in [0.4, 0.5) is 0 Å². The number of rotatable bonds is 23. The van der Waals surface area contributed by atoms with Gasteiger partial charge in [-0.2, -0.15) is 0 Å². The predicted octanol–water partition coefficient (Wildman–Crippen LogP) is 6.57. The van der Waals surface area contributed by atoms with Crippen LogP contribution >= 0.6 is 8.60 Å². The molecule has 0 bridgehead atoms. The van der Waals surface area contributed by atoms with Gasteiger partial charge in [-0.15, -0.1) is 0 Å². The first-order valence-electron chi connectivity index (χ1n) is 12.6.